The lowest BCUT2D eigenvalue weighted by atomic mass is 10.0. The normalized spacial score (nSPS) is 11.7. The predicted octanol–water partition coefficient (Wildman–Crippen LogP) is 4.53. The molecule has 0 spiro atoms. The monoisotopic (exact) mass is 433 g/mol. The number of aryl methyl sites for hydroxylation is 4. The molecule has 0 aliphatic rings. The summed E-state index contributed by atoms with van der Waals surface area (Å²) in [6, 6.07) is 12.2. The summed E-state index contributed by atoms with van der Waals surface area (Å²) in [7, 11) is -3.60. The number of rotatable bonds is 6. The molecule has 4 rings (SSSR count). The largest absolute Gasteiger partial charge is 0.294 e. The average molecular weight is 434 g/mol. The predicted molar refractivity (Wildman–Crippen MR) is 119 cm³/mol. The minimum atomic E-state index is -3.60. The first-order valence-corrected chi connectivity index (χ1v) is 11.5. The van der Waals surface area contributed by atoms with Crippen molar-refractivity contribution in [1.29, 1.82) is 0 Å². The van der Waals surface area contributed by atoms with Crippen molar-refractivity contribution in [3.63, 3.8) is 0 Å². The van der Waals surface area contributed by atoms with Gasteiger partial charge in [-0.05, 0) is 73.7 Å². The van der Waals surface area contributed by atoms with Gasteiger partial charge in [-0.2, -0.15) is 5.10 Å². The average Bonchev–Trinajstić information content (AvgIpc) is 3.22. The summed E-state index contributed by atoms with van der Waals surface area (Å²) < 4.78 is 26.2. The fourth-order valence-corrected chi connectivity index (χ4v) is 5.14. The number of fused-ring (bicyclic) bond motifs is 1. The Morgan fingerprint density at radius 3 is 2.39 bits per heavy atom. The molecule has 0 saturated heterocycles. The number of carbonyl (C=O) groups is 1. The molecule has 0 atom stereocenters. The van der Waals surface area contributed by atoms with Gasteiger partial charge in [-0.25, -0.2) is 13.4 Å². The van der Waals surface area contributed by atoms with Crippen LogP contribution in [-0.4, -0.2) is 29.4 Å². The molecule has 7 heteroatoms. The van der Waals surface area contributed by atoms with Crippen LogP contribution in [0.3, 0.4) is 0 Å². The Balaban J connectivity index is 1.49. The van der Waals surface area contributed by atoms with E-state index >= 15 is 0 Å². The van der Waals surface area contributed by atoms with Crippen LogP contribution in [0.2, 0.25) is 0 Å². The van der Waals surface area contributed by atoms with Gasteiger partial charge in [0.15, 0.2) is 11.4 Å². The molecule has 158 valence electrons. The molecule has 2 aromatic carbocycles. The van der Waals surface area contributed by atoms with E-state index in [1.165, 1.54) is 0 Å². The maximum atomic E-state index is 13.1. The van der Waals surface area contributed by atoms with Crippen molar-refractivity contribution in [1.82, 2.24) is 15.2 Å². The van der Waals surface area contributed by atoms with E-state index in [1.807, 2.05) is 26.8 Å². The minimum absolute atomic E-state index is 0.0157. The number of carbonyl (C=O) groups excluding carboxylic acids is 1. The number of aromatic amines is 1. The van der Waals surface area contributed by atoms with E-state index in [0.717, 1.165) is 27.6 Å². The number of ketones is 1. The number of H-pyrrole nitrogens is 1. The lowest BCUT2D eigenvalue weighted by molar-refractivity contribution is 0.0982. The molecule has 0 amide bonds. The highest BCUT2D eigenvalue weighted by molar-refractivity contribution is 7.91. The Kier molecular flexibility index (Phi) is 5.45. The molecule has 0 fully saturated rings. The maximum Gasteiger partial charge on any atom is 0.206 e. The second kappa shape index (κ2) is 8.07. The van der Waals surface area contributed by atoms with Gasteiger partial charge in [0.2, 0.25) is 9.84 Å². The van der Waals surface area contributed by atoms with Gasteiger partial charge in [0.1, 0.15) is 0 Å². The van der Waals surface area contributed by atoms with Gasteiger partial charge >= 0.3 is 0 Å². The van der Waals surface area contributed by atoms with Crippen LogP contribution in [0.1, 0.15) is 39.0 Å². The molecular formula is C24H23N3O3S. The van der Waals surface area contributed by atoms with E-state index in [2.05, 4.69) is 15.2 Å². The number of Topliss-reactive ketones (excluding diaryl/α,β-unsaturated/α-hetero) is 1. The summed E-state index contributed by atoms with van der Waals surface area (Å²) in [6.45, 7) is 5.70. The zero-order valence-corrected chi connectivity index (χ0v) is 18.5. The molecule has 0 radical (unpaired) electrons. The summed E-state index contributed by atoms with van der Waals surface area (Å²) >= 11 is 0. The number of aromatic nitrogens is 3. The highest BCUT2D eigenvalue weighted by Crippen LogP contribution is 2.27. The zero-order valence-electron chi connectivity index (χ0n) is 17.6. The lowest BCUT2D eigenvalue weighted by Crippen LogP contribution is -2.06. The molecule has 0 aliphatic heterocycles. The van der Waals surface area contributed by atoms with Crippen LogP contribution < -0.4 is 0 Å². The van der Waals surface area contributed by atoms with Gasteiger partial charge in [0, 0.05) is 23.6 Å². The van der Waals surface area contributed by atoms with Gasteiger partial charge < -0.3 is 0 Å². The third-order valence-corrected chi connectivity index (χ3v) is 7.48. The molecule has 6 nitrogen and oxygen atoms in total. The van der Waals surface area contributed by atoms with Gasteiger partial charge in [0.25, 0.3) is 0 Å². The van der Waals surface area contributed by atoms with Crippen LogP contribution in [0.5, 0.6) is 0 Å². The Hall–Kier alpha value is -3.32. The Morgan fingerprint density at radius 1 is 0.935 bits per heavy atom. The molecule has 0 saturated carbocycles. The molecule has 2 heterocycles. The second-order valence-corrected chi connectivity index (χ2v) is 9.72. The number of hydrogen-bond acceptors (Lipinski definition) is 5. The van der Waals surface area contributed by atoms with E-state index in [1.54, 1.807) is 48.8 Å². The molecule has 4 aromatic rings. The van der Waals surface area contributed by atoms with Gasteiger partial charge in [-0.1, -0.05) is 18.2 Å². The SMILES string of the molecule is Cc1cc(C)c(S(=O)(=O)c2ccc(CCC(=O)c3cnc4[nH]ncc4c3)cc2)cc1C. The highest BCUT2D eigenvalue weighted by Gasteiger charge is 2.20. The van der Waals surface area contributed by atoms with E-state index in [4.69, 9.17) is 0 Å². The van der Waals surface area contributed by atoms with Crippen LogP contribution in [0.15, 0.2) is 64.6 Å². The first kappa shape index (κ1) is 20.9. The molecule has 0 unspecified atom stereocenters. The van der Waals surface area contributed by atoms with E-state index in [9.17, 15) is 13.2 Å². The van der Waals surface area contributed by atoms with E-state index in [-0.39, 0.29) is 10.7 Å². The number of nitrogens with one attached hydrogen (secondary N) is 1. The van der Waals surface area contributed by atoms with Gasteiger partial charge in [0.05, 0.1) is 16.0 Å². The zero-order chi connectivity index (χ0) is 22.2. The molecule has 2 aromatic heterocycles. The van der Waals surface area contributed by atoms with Crippen LogP contribution in [0.25, 0.3) is 11.0 Å². The van der Waals surface area contributed by atoms with Crippen molar-refractivity contribution in [2.75, 3.05) is 0 Å². The first-order chi connectivity index (χ1) is 14.8. The second-order valence-electron chi connectivity index (χ2n) is 7.80. The summed E-state index contributed by atoms with van der Waals surface area (Å²) in [5.74, 6) is -0.0157. The molecule has 1 N–H and O–H groups in total. The van der Waals surface area contributed by atoms with Crippen LogP contribution in [-0.2, 0) is 16.3 Å². The van der Waals surface area contributed by atoms with Crippen LogP contribution >= 0.6 is 0 Å². The maximum absolute atomic E-state index is 13.1. The molecule has 31 heavy (non-hydrogen) atoms. The smallest absolute Gasteiger partial charge is 0.206 e. The minimum Gasteiger partial charge on any atom is -0.294 e. The molecule has 0 bridgehead atoms. The lowest BCUT2D eigenvalue weighted by Gasteiger charge is -2.11. The fourth-order valence-electron chi connectivity index (χ4n) is 3.58. The first-order valence-electron chi connectivity index (χ1n) is 10.00. The van der Waals surface area contributed by atoms with Crippen molar-refractivity contribution in [2.45, 2.75) is 43.4 Å². The standard InChI is InChI=1S/C24H23N3O3S/c1-15-10-17(3)23(11-16(15)2)31(29,30)21-7-4-18(5-8-21)6-9-22(28)19-12-20-14-26-27-24(20)25-13-19/h4-5,7-8,10-14H,6,9H2,1-3H3,(H,25,26,27). The number of benzene rings is 2. The molecular weight excluding hydrogens is 410 g/mol. The summed E-state index contributed by atoms with van der Waals surface area (Å²) in [5, 5.41) is 7.47. The number of sulfone groups is 1. The summed E-state index contributed by atoms with van der Waals surface area (Å²) in [4.78, 5) is 17.3. The van der Waals surface area contributed by atoms with Crippen molar-refractivity contribution < 1.29 is 13.2 Å². The van der Waals surface area contributed by atoms with E-state index in [0.29, 0.717) is 28.9 Å². The third-order valence-electron chi connectivity index (χ3n) is 5.57. The topological polar surface area (TPSA) is 92.8 Å². The quantitative estimate of drug-likeness (QED) is 0.451. The van der Waals surface area contributed by atoms with Gasteiger partial charge in [-0.3, -0.25) is 9.89 Å². The molecule has 0 aliphatic carbocycles. The Morgan fingerprint density at radius 2 is 1.65 bits per heavy atom. The van der Waals surface area contributed by atoms with Crippen molar-refractivity contribution in [3.8, 4) is 0 Å². The van der Waals surface area contributed by atoms with Crippen molar-refractivity contribution in [2.24, 2.45) is 0 Å². The summed E-state index contributed by atoms with van der Waals surface area (Å²) in [6.07, 6.45) is 4.01. The Labute approximate surface area is 181 Å². The van der Waals surface area contributed by atoms with Gasteiger partial charge in [-0.15, -0.1) is 0 Å². The van der Waals surface area contributed by atoms with Crippen LogP contribution in [0.4, 0.5) is 0 Å². The number of pyridine rings is 1. The third kappa shape index (κ3) is 4.14. The van der Waals surface area contributed by atoms with Crippen molar-refractivity contribution in [3.05, 3.63) is 82.7 Å². The highest BCUT2D eigenvalue weighted by atomic mass is 32.2. The summed E-state index contributed by atoms with van der Waals surface area (Å²) in [5.41, 5.74) is 4.84. The Bertz CT molecular complexity index is 1390. The van der Waals surface area contributed by atoms with Crippen LogP contribution in [0, 0.1) is 20.8 Å². The fraction of sp³-hybridized carbons (Fsp3) is 0.208. The van der Waals surface area contributed by atoms with E-state index < -0.39 is 9.84 Å². The number of nitrogens with zero attached hydrogens (tertiary/aromatic N) is 2. The van der Waals surface area contributed by atoms with Crippen molar-refractivity contribution >= 4 is 26.7 Å². The number of hydrogen-bond donors (Lipinski definition) is 1.